The van der Waals surface area contributed by atoms with Gasteiger partial charge < -0.3 is 0 Å². The van der Waals surface area contributed by atoms with Crippen molar-refractivity contribution in [3.05, 3.63) is 41.6 Å². The third kappa shape index (κ3) is 3.71. The zero-order valence-electron chi connectivity index (χ0n) is 12.9. The van der Waals surface area contributed by atoms with Gasteiger partial charge in [-0.05, 0) is 0 Å². The molecule has 0 aromatic carbocycles. The Bertz CT molecular complexity index is 543. The molecule has 0 amide bonds. The van der Waals surface area contributed by atoms with Crippen LogP contribution in [0.2, 0.25) is 13.1 Å². The molecule has 2 aliphatic carbocycles. The second kappa shape index (κ2) is 6.86. The van der Waals surface area contributed by atoms with E-state index in [0.29, 0.717) is 0 Å². The van der Waals surface area contributed by atoms with E-state index in [1.54, 1.807) is 11.1 Å². The van der Waals surface area contributed by atoms with Crippen LogP contribution < -0.4 is 0 Å². The fourth-order valence-corrected chi connectivity index (χ4v) is 29.7. The Hall–Kier alpha value is 0.337. The average Bonchev–Trinajstić information content (AvgIpc) is 2.71. The van der Waals surface area contributed by atoms with Crippen LogP contribution in [0, 0.1) is 5.92 Å². The predicted molar refractivity (Wildman–Crippen MR) is 86.8 cm³/mol. The van der Waals surface area contributed by atoms with E-state index in [1.807, 2.05) is 6.66 Å². The first-order chi connectivity index (χ1) is 8.40. The van der Waals surface area contributed by atoms with E-state index in [1.165, 1.54) is 12.0 Å². The summed E-state index contributed by atoms with van der Waals surface area (Å²) in [4.78, 5) is 0. The maximum Gasteiger partial charge on any atom is -0.147 e. The largest absolute Gasteiger partial charge is 0.147 e. The predicted octanol–water partition coefficient (Wildman–Crippen LogP) is 5.38. The molecule has 0 spiro atoms. The molecule has 0 aliphatic heterocycles. The van der Waals surface area contributed by atoms with Crippen LogP contribution in [-0.4, -0.2) is 5.49 Å². The number of allylic oxidation sites excluding steroid dienone is 8. The average molecular weight is 459 g/mol. The van der Waals surface area contributed by atoms with Gasteiger partial charge in [-0.25, -0.2) is 0 Å². The van der Waals surface area contributed by atoms with E-state index in [0.717, 1.165) is 5.92 Å². The van der Waals surface area contributed by atoms with E-state index in [2.05, 4.69) is 59.0 Å². The monoisotopic (exact) mass is 460 g/mol. The molecule has 0 N–H and O–H groups in total. The fourth-order valence-electron chi connectivity index (χ4n) is 3.19. The Morgan fingerprint density at radius 3 is 2.16 bits per heavy atom. The molecule has 0 aromatic heterocycles. The maximum absolute atomic E-state index is 2.56. The van der Waals surface area contributed by atoms with Gasteiger partial charge in [-0.2, -0.15) is 0 Å². The van der Waals surface area contributed by atoms with E-state index >= 15 is 0 Å². The van der Waals surface area contributed by atoms with Gasteiger partial charge in [0, 0.05) is 0 Å². The molecule has 2 rings (SSSR count). The molecule has 0 saturated carbocycles. The second-order valence-corrected chi connectivity index (χ2v) is 29.8. The molecule has 2 aliphatic rings. The molecule has 0 aromatic rings. The molecular formula is C16H25ClHfSi. The van der Waals surface area contributed by atoms with Crippen molar-refractivity contribution < 1.29 is 20.1 Å². The minimum absolute atomic E-state index is 0. The minimum atomic E-state index is -1.72. The first-order valence-corrected chi connectivity index (χ1v) is 18.3. The molecule has 0 bridgehead atoms. The van der Waals surface area contributed by atoms with E-state index < -0.39 is 20.1 Å². The van der Waals surface area contributed by atoms with Gasteiger partial charge in [0.15, 0.2) is 0 Å². The van der Waals surface area contributed by atoms with Gasteiger partial charge in [-0.3, -0.25) is 0 Å². The first-order valence-electron chi connectivity index (χ1n) is 6.85. The van der Waals surface area contributed by atoms with Crippen LogP contribution in [-0.2, 0) is 20.1 Å². The summed E-state index contributed by atoms with van der Waals surface area (Å²) in [5.74, 6) is 0.730. The summed E-state index contributed by atoms with van der Waals surface area (Å²) in [6.45, 7) is 14.4. The molecule has 1 atom stereocenters. The van der Waals surface area contributed by atoms with E-state index in [4.69, 9.17) is 0 Å². The van der Waals surface area contributed by atoms with Gasteiger partial charge in [0.2, 0.25) is 0 Å². The normalized spacial score (nSPS) is 21.8. The Balaban J connectivity index is 0.00000180. The smallest absolute Gasteiger partial charge is 0.147 e. The van der Waals surface area contributed by atoms with Crippen molar-refractivity contribution in [1.82, 2.24) is 0 Å². The SMILES string of the molecule is CC1=CC(C)[C]([Hf]([C]2=C(C)C=C(C)C2)=[Si](C)C)=C1.Cl. The van der Waals surface area contributed by atoms with Crippen molar-refractivity contribution in [2.24, 2.45) is 5.92 Å². The summed E-state index contributed by atoms with van der Waals surface area (Å²) in [6, 6.07) is 0. The van der Waals surface area contributed by atoms with Crippen LogP contribution in [0.4, 0.5) is 0 Å². The van der Waals surface area contributed by atoms with Crippen molar-refractivity contribution in [2.75, 3.05) is 0 Å². The summed E-state index contributed by atoms with van der Waals surface area (Å²) in [5, 5.41) is 0. The van der Waals surface area contributed by atoms with Crippen molar-refractivity contribution in [1.29, 1.82) is 0 Å². The molecule has 19 heavy (non-hydrogen) atoms. The second-order valence-electron chi connectivity index (χ2n) is 6.00. The van der Waals surface area contributed by atoms with Crippen LogP contribution in [0.1, 0.15) is 34.1 Å². The standard InChI is InChI=1S/2C7H9.C2H6Si.ClH.Hf/c2*1-6-3-4-7(2)5-6;1-3-2;;/h5H,3H2,1-2H3;3,5,7H,1-2H3;1-2H3;1H;. The molecule has 0 saturated heterocycles. The van der Waals surface area contributed by atoms with Gasteiger partial charge in [0.25, 0.3) is 0 Å². The topological polar surface area (TPSA) is 0 Å². The number of hydrogen-bond acceptors (Lipinski definition) is 0. The summed E-state index contributed by atoms with van der Waals surface area (Å²) >= 11 is -1.72. The molecule has 0 radical (unpaired) electrons. The summed E-state index contributed by atoms with van der Waals surface area (Å²) in [5.41, 5.74) is 4.58. The third-order valence-corrected chi connectivity index (χ3v) is 28.9. The van der Waals surface area contributed by atoms with Crippen molar-refractivity contribution in [3.63, 3.8) is 0 Å². The Morgan fingerprint density at radius 1 is 1.16 bits per heavy atom. The molecule has 0 fully saturated rings. The molecule has 0 heterocycles. The van der Waals surface area contributed by atoms with Gasteiger partial charge in [0.1, 0.15) is 0 Å². The zero-order chi connectivity index (χ0) is 13.4. The maximum atomic E-state index is 2.56. The zero-order valence-corrected chi connectivity index (χ0v) is 18.3. The summed E-state index contributed by atoms with van der Waals surface area (Å²) in [6.07, 6.45) is 8.74. The van der Waals surface area contributed by atoms with Crippen LogP contribution >= 0.6 is 12.4 Å². The molecule has 1 unspecified atom stereocenters. The summed E-state index contributed by atoms with van der Waals surface area (Å²) in [7, 11) is 0. The molecular weight excluding hydrogens is 434 g/mol. The number of halogens is 1. The van der Waals surface area contributed by atoms with Crippen molar-refractivity contribution in [3.8, 4) is 0 Å². The van der Waals surface area contributed by atoms with E-state index in [-0.39, 0.29) is 17.9 Å². The van der Waals surface area contributed by atoms with Crippen LogP contribution in [0.15, 0.2) is 41.6 Å². The minimum Gasteiger partial charge on any atom is -0.147 e. The van der Waals surface area contributed by atoms with Gasteiger partial charge in [0.05, 0.1) is 0 Å². The Kier molecular flexibility index (Phi) is 6.28. The van der Waals surface area contributed by atoms with E-state index in [9.17, 15) is 0 Å². The quantitative estimate of drug-likeness (QED) is 0.487. The van der Waals surface area contributed by atoms with Crippen molar-refractivity contribution >= 4 is 17.9 Å². The van der Waals surface area contributed by atoms with Crippen LogP contribution in [0.25, 0.3) is 0 Å². The van der Waals surface area contributed by atoms with Crippen LogP contribution in [0.5, 0.6) is 0 Å². The third-order valence-electron chi connectivity index (χ3n) is 3.87. The number of rotatable bonds is 2. The molecule has 0 nitrogen and oxygen atoms in total. The fraction of sp³-hybridized carbons (Fsp3) is 0.500. The molecule has 104 valence electrons. The first kappa shape index (κ1) is 17.4. The Morgan fingerprint density at radius 2 is 1.79 bits per heavy atom. The van der Waals surface area contributed by atoms with Gasteiger partial charge >= 0.3 is 120 Å². The Labute approximate surface area is 132 Å². The van der Waals surface area contributed by atoms with Gasteiger partial charge in [-0.15, -0.1) is 12.4 Å². The number of hydrogen-bond donors (Lipinski definition) is 0. The molecule has 3 heteroatoms. The summed E-state index contributed by atoms with van der Waals surface area (Å²) < 4.78 is 3.80. The van der Waals surface area contributed by atoms with Gasteiger partial charge in [-0.1, -0.05) is 0 Å². The van der Waals surface area contributed by atoms with Crippen LogP contribution in [0.3, 0.4) is 0 Å². The van der Waals surface area contributed by atoms with Crippen molar-refractivity contribution in [2.45, 2.75) is 47.2 Å².